The van der Waals surface area contributed by atoms with E-state index in [0.29, 0.717) is 13.0 Å². The van der Waals surface area contributed by atoms with Crippen molar-refractivity contribution in [1.29, 1.82) is 0 Å². The number of carboxylic acids is 1. The smallest absolute Gasteiger partial charge is 0.337 e. The maximum atomic E-state index is 11.8. The van der Waals surface area contributed by atoms with E-state index in [-0.39, 0.29) is 17.3 Å². The van der Waals surface area contributed by atoms with Crippen molar-refractivity contribution in [2.75, 3.05) is 19.0 Å². The first kappa shape index (κ1) is 16.0. The van der Waals surface area contributed by atoms with E-state index < -0.39 is 12.0 Å². The van der Waals surface area contributed by atoms with E-state index in [0.717, 1.165) is 5.56 Å². The van der Waals surface area contributed by atoms with Gasteiger partial charge in [0.05, 0.1) is 11.3 Å². The molecule has 0 aliphatic rings. The molecule has 0 aliphatic carbocycles. The Hall–Kier alpha value is -2.08. The quantitative estimate of drug-likeness (QED) is 0.745. The van der Waals surface area contributed by atoms with E-state index in [9.17, 15) is 9.59 Å². The van der Waals surface area contributed by atoms with E-state index in [1.54, 1.807) is 26.2 Å². The lowest BCUT2D eigenvalue weighted by atomic mass is 10.1. The number of methoxy groups -OCH3 is 1. The highest BCUT2D eigenvalue weighted by Gasteiger charge is 2.13. The highest BCUT2D eigenvalue weighted by Crippen LogP contribution is 2.17. The van der Waals surface area contributed by atoms with Gasteiger partial charge in [0.1, 0.15) is 0 Å². The van der Waals surface area contributed by atoms with Gasteiger partial charge in [-0.3, -0.25) is 0 Å². The Morgan fingerprint density at radius 1 is 1.40 bits per heavy atom. The summed E-state index contributed by atoms with van der Waals surface area (Å²) in [5.41, 5.74) is 1.17. The number of hydrogen-bond acceptors (Lipinski definition) is 3. The Balaban J connectivity index is 2.68. The molecule has 6 heteroatoms. The van der Waals surface area contributed by atoms with Crippen molar-refractivity contribution in [3.05, 3.63) is 29.3 Å². The number of carboxylic acid groups (broad SMARTS) is 1. The number of nitrogens with one attached hydrogen (secondary N) is 2. The number of amides is 2. The van der Waals surface area contributed by atoms with E-state index in [4.69, 9.17) is 9.84 Å². The van der Waals surface area contributed by atoms with Crippen LogP contribution in [0.4, 0.5) is 10.5 Å². The summed E-state index contributed by atoms with van der Waals surface area (Å²) in [4.78, 5) is 22.9. The molecule has 2 amide bonds. The second-order valence-electron chi connectivity index (χ2n) is 4.64. The fraction of sp³-hybridized carbons (Fsp3) is 0.429. The van der Waals surface area contributed by atoms with Gasteiger partial charge in [-0.05, 0) is 32.4 Å². The molecule has 0 saturated heterocycles. The summed E-state index contributed by atoms with van der Waals surface area (Å²) < 4.78 is 4.93. The van der Waals surface area contributed by atoms with Crippen molar-refractivity contribution in [2.45, 2.75) is 26.3 Å². The molecular formula is C14H20N2O4. The van der Waals surface area contributed by atoms with E-state index in [1.807, 2.05) is 6.92 Å². The largest absolute Gasteiger partial charge is 0.478 e. The number of rotatable bonds is 6. The SMILES string of the molecule is COCCC(C)NC(=O)Nc1ccc(C)cc1C(=O)O. The number of anilines is 1. The standard InChI is InChI=1S/C14H20N2O4/c1-9-4-5-12(11(8-9)13(17)18)16-14(19)15-10(2)6-7-20-3/h4-5,8,10H,6-7H2,1-3H3,(H,17,18)(H2,15,16,19). The first-order chi connectivity index (χ1) is 9.43. The summed E-state index contributed by atoms with van der Waals surface area (Å²) >= 11 is 0. The van der Waals surface area contributed by atoms with Crippen molar-refractivity contribution < 1.29 is 19.4 Å². The van der Waals surface area contributed by atoms with Gasteiger partial charge in [0.25, 0.3) is 0 Å². The maximum absolute atomic E-state index is 11.8. The Morgan fingerprint density at radius 3 is 2.70 bits per heavy atom. The predicted octanol–water partition coefficient (Wildman–Crippen LogP) is 2.24. The zero-order chi connectivity index (χ0) is 15.1. The third-order valence-corrected chi connectivity index (χ3v) is 2.79. The zero-order valence-electron chi connectivity index (χ0n) is 11.9. The molecule has 1 unspecified atom stereocenters. The van der Waals surface area contributed by atoms with Crippen molar-refractivity contribution in [1.82, 2.24) is 5.32 Å². The minimum absolute atomic E-state index is 0.0614. The number of aryl methyl sites for hydroxylation is 1. The molecule has 1 aromatic rings. The van der Waals surface area contributed by atoms with Gasteiger partial charge in [-0.25, -0.2) is 9.59 Å². The summed E-state index contributed by atoms with van der Waals surface area (Å²) in [5.74, 6) is -1.07. The molecule has 0 fully saturated rings. The Kier molecular flexibility index (Phi) is 5.99. The number of carbonyl (C=O) groups excluding carboxylic acids is 1. The van der Waals surface area contributed by atoms with Crippen LogP contribution < -0.4 is 10.6 Å². The lowest BCUT2D eigenvalue weighted by Crippen LogP contribution is -2.37. The van der Waals surface area contributed by atoms with Gasteiger partial charge in [0.15, 0.2) is 0 Å². The molecule has 1 atom stereocenters. The van der Waals surface area contributed by atoms with Crippen molar-refractivity contribution >= 4 is 17.7 Å². The first-order valence-corrected chi connectivity index (χ1v) is 6.34. The van der Waals surface area contributed by atoms with Crippen LogP contribution in [0.5, 0.6) is 0 Å². The van der Waals surface area contributed by atoms with E-state index in [1.165, 1.54) is 6.07 Å². The molecule has 0 aliphatic heterocycles. The number of benzene rings is 1. The van der Waals surface area contributed by atoms with Crippen molar-refractivity contribution in [2.24, 2.45) is 0 Å². The highest BCUT2D eigenvalue weighted by molar-refractivity contribution is 6.00. The number of hydrogen-bond donors (Lipinski definition) is 3. The molecule has 6 nitrogen and oxygen atoms in total. The molecular weight excluding hydrogens is 260 g/mol. The molecule has 0 saturated carbocycles. The van der Waals surface area contributed by atoms with Crippen molar-refractivity contribution in [3.63, 3.8) is 0 Å². The molecule has 3 N–H and O–H groups in total. The van der Waals surface area contributed by atoms with Crippen LogP contribution in [0.3, 0.4) is 0 Å². The van der Waals surface area contributed by atoms with Crippen LogP contribution in [0.15, 0.2) is 18.2 Å². The predicted molar refractivity (Wildman–Crippen MR) is 76.2 cm³/mol. The summed E-state index contributed by atoms with van der Waals surface area (Å²) in [6.07, 6.45) is 0.684. The van der Waals surface area contributed by atoms with Crippen LogP contribution in [0.1, 0.15) is 29.3 Å². The third-order valence-electron chi connectivity index (χ3n) is 2.79. The number of carbonyl (C=O) groups is 2. The second kappa shape index (κ2) is 7.49. The molecule has 1 rings (SSSR count). The molecule has 1 aromatic carbocycles. The van der Waals surface area contributed by atoms with Gasteiger partial charge < -0.3 is 20.5 Å². The van der Waals surface area contributed by atoms with Crippen LogP contribution in [-0.2, 0) is 4.74 Å². The van der Waals surface area contributed by atoms with E-state index >= 15 is 0 Å². The Bertz CT molecular complexity index is 488. The number of aromatic carboxylic acids is 1. The zero-order valence-corrected chi connectivity index (χ0v) is 11.9. The van der Waals surface area contributed by atoms with Gasteiger partial charge >= 0.3 is 12.0 Å². The summed E-state index contributed by atoms with van der Waals surface area (Å²) in [6.45, 7) is 4.20. The van der Waals surface area contributed by atoms with Gasteiger partial charge in [-0.1, -0.05) is 11.6 Å². The highest BCUT2D eigenvalue weighted by atomic mass is 16.5. The minimum Gasteiger partial charge on any atom is -0.478 e. The molecule has 110 valence electrons. The molecule has 20 heavy (non-hydrogen) atoms. The average Bonchev–Trinajstić information content (AvgIpc) is 2.38. The lowest BCUT2D eigenvalue weighted by Gasteiger charge is -2.15. The second-order valence-corrected chi connectivity index (χ2v) is 4.64. The Labute approximate surface area is 118 Å². The number of ether oxygens (including phenoxy) is 1. The van der Waals surface area contributed by atoms with Crippen LogP contribution >= 0.6 is 0 Å². The van der Waals surface area contributed by atoms with Gasteiger partial charge in [0.2, 0.25) is 0 Å². The molecule has 0 bridgehead atoms. The van der Waals surface area contributed by atoms with Gasteiger partial charge in [-0.15, -0.1) is 0 Å². The third kappa shape index (κ3) is 4.89. The summed E-state index contributed by atoms with van der Waals surface area (Å²) in [6, 6.07) is 4.36. The van der Waals surface area contributed by atoms with Crippen LogP contribution in [-0.4, -0.2) is 36.9 Å². The first-order valence-electron chi connectivity index (χ1n) is 6.34. The Morgan fingerprint density at radius 2 is 2.10 bits per heavy atom. The average molecular weight is 280 g/mol. The fourth-order valence-corrected chi connectivity index (χ4v) is 1.69. The summed E-state index contributed by atoms with van der Waals surface area (Å²) in [5, 5.41) is 14.4. The van der Waals surface area contributed by atoms with Gasteiger partial charge in [0, 0.05) is 19.8 Å². The lowest BCUT2D eigenvalue weighted by molar-refractivity contribution is 0.0698. The summed E-state index contributed by atoms with van der Waals surface area (Å²) in [7, 11) is 1.60. The van der Waals surface area contributed by atoms with Crippen LogP contribution in [0, 0.1) is 6.92 Å². The minimum atomic E-state index is -1.07. The topological polar surface area (TPSA) is 87.7 Å². The molecule has 0 aromatic heterocycles. The van der Waals surface area contributed by atoms with Crippen LogP contribution in [0.2, 0.25) is 0 Å². The monoisotopic (exact) mass is 280 g/mol. The van der Waals surface area contributed by atoms with Gasteiger partial charge in [-0.2, -0.15) is 0 Å². The van der Waals surface area contributed by atoms with Crippen LogP contribution in [0.25, 0.3) is 0 Å². The fourth-order valence-electron chi connectivity index (χ4n) is 1.69. The number of urea groups is 1. The molecule has 0 spiro atoms. The molecule has 0 radical (unpaired) electrons. The normalized spacial score (nSPS) is 11.8. The van der Waals surface area contributed by atoms with E-state index in [2.05, 4.69) is 10.6 Å². The maximum Gasteiger partial charge on any atom is 0.337 e. The molecule has 0 heterocycles. The van der Waals surface area contributed by atoms with Crippen molar-refractivity contribution in [3.8, 4) is 0 Å².